The molecule has 0 bridgehead atoms. The van der Waals surface area contributed by atoms with Gasteiger partial charge in [0.15, 0.2) is 0 Å². The maximum atomic E-state index is 13.7. The quantitative estimate of drug-likeness (QED) is 0.438. The first-order valence-corrected chi connectivity index (χ1v) is 11.8. The maximum absolute atomic E-state index is 13.7. The fourth-order valence-corrected chi connectivity index (χ4v) is 4.01. The molecule has 5 N–H and O–H groups in total. The van der Waals surface area contributed by atoms with E-state index in [2.05, 4.69) is 5.32 Å². The third-order valence-electron chi connectivity index (χ3n) is 5.49. The zero-order valence-electron chi connectivity index (χ0n) is 20.2. The number of aryl methyl sites for hydroxylation is 1. The monoisotopic (exact) mass is 474 g/mol. The minimum atomic E-state index is -0.686. The third-order valence-corrected chi connectivity index (χ3v) is 5.49. The second kappa shape index (κ2) is 13.2. The minimum Gasteiger partial charge on any atom is -0.349 e. The first-order chi connectivity index (χ1) is 16.2. The Labute approximate surface area is 200 Å². The van der Waals surface area contributed by atoms with E-state index in [9.17, 15) is 18.4 Å². The van der Waals surface area contributed by atoms with Crippen LogP contribution >= 0.6 is 0 Å². The van der Waals surface area contributed by atoms with Crippen molar-refractivity contribution in [2.75, 3.05) is 19.6 Å². The highest BCUT2D eigenvalue weighted by molar-refractivity contribution is 6.00. The average molecular weight is 475 g/mol. The van der Waals surface area contributed by atoms with Gasteiger partial charge in [-0.25, -0.2) is 8.78 Å². The summed E-state index contributed by atoms with van der Waals surface area (Å²) in [5, 5.41) is 2.91. The van der Waals surface area contributed by atoms with Crippen molar-refractivity contribution >= 4 is 11.8 Å². The van der Waals surface area contributed by atoms with Crippen molar-refractivity contribution in [2.24, 2.45) is 11.5 Å². The molecule has 0 aliphatic heterocycles. The zero-order chi connectivity index (χ0) is 25.3. The summed E-state index contributed by atoms with van der Waals surface area (Å²) in [6, 6.07) is 7.44. The normalized spacial score (nSPS) is 12.8. The number of nitrogens with one attached hydrogen (secondary N) is 1. The summed E-state index contributed by atoms with van der Waals surface area (Å²) in [6.45, 7) is 7.35. The predicted octanol–water partition coefficient (Wildman–Crippen LogP) is 3.55. The minimum absolute atomic E-state index is 0.113. The first kappa shape index (κ1) is 27.4. The molecular formula is C26H36F2N4O2. The molecule has 186 valence electrons. The van der Waals surface area contributed by atoms with Crippen LogP contribution in [0.1, 0.15) is 65.0 Å². The number of hydrogen-bond acceptors (Lipinski definition) is 4. The lowest BCUT2D eigenvalue weighted by molar-refractivity contribution is 0.0755. The topological polar surface area (TPSA) is 101 Å². The number of hydrogen-bond donors (Lipinski definition) is 3. The van der Waals surface area contributed by atoms with E-state index in [0.717, 1.165) is 24.5 Å². The van der Waals surface area contributed by atoms with Crippen molar-refractivity contribution < 1.29 is 18.4 Å². The van der Waals surface area contributed by atoms with Crippen molar-refractivity contribution in [2.45, 2.75) is 58.5 Å². The van der Waals surface area contributed by atoms with Gasteiger partial charge >= 0.3 is 0 Å². The van der Waals surface area contributed by atoms with Crippen molar-refractivity contribution in [1.29, 1.82) is 0 Å². The van der Waals surface area contributed by atoms with Crippen molar-refractivity contribution in [3.63, 3.8) is 0 Å². The van der Waals surface area contributed by atoms with Crippen LogP contribution in [0.15, 0.2) is 36.4 Å². The lowest BCUT2D eigenvalue weighted by Gasteiger charge is -2.23. The van der Waals surface area contributed by atoms with Crippen LogP contribution in [0.25, 0.3) is 0 Å². The Morgan fingerprint density at radius 2 is 1.56 bits per heavy atom. The molecule has 8 heteroatoms. The molecule has 2 aromatic rings. The van der Waals surface area contributed by atoms with Gasteiger partial charge in [0.1, 0.15) is 11.6 Å². The van der Waals surface area contributed by atoms with E-state index >= 15 is 0 Å². The highest BCUT2D eigenvalue weighted by atomic mass is 19.1. The molecule has 2 atom stereocenters. The molecule has 0 fully saturated rings. The largest absolute Gasteiger partial charge is 0.349 e. The summed E-state index contributed by atoms with van der Waals surface area (Å²) in [5.74, 6) is -1.87. The smallest absolute Gasteiger partial charge is 0.253 e. The number of nitrogens with zero attached hydrogens (tertiary/aromatic N) is 1. The molecule has 0 saturated carbocycles. The summed E-state index contributed by atoms with van der Waals surface area (Å²) in [6.07, 6.45) is 2.20. The van der Waals surface area contributed by atoms with Crippen LogP contribution in [0, 0.1) is 18.6 Å². The SMILES string of the molecule is CCCN(CCC)C(=O)c1cc(C)cc(C(=O)N[C@@H](Cc2cc(F)cc(F)c2)C[C@H](N)CN)c1. The molecule has 0 radical (unpaired) electrons. The third kappa shape index (κ3) is 8.18. The number of benzene rings is 2. The molecule has 2 aromatic carbocycles. The predicted molar refractivity (Wildman–Crippen MR) is 131 cm³/mol. The molecule has 2 amide bonds. The van der Waals surface area contributed by atoms with Gasteiger partial charge in [-0.2, -0.15) is 0 Å². The molecule has 0 unspecified atom stereocenters. The number of amides is 2. The lowest BCUT2D eigenvalue weighted by atomic mass is 9.98. The maximum Gasteiger partial charge on any atom is 0.253 e. The summed E-state index contributed by atoms with van der Waals surface area (Å²) in [7, 11) is 0. The molecule has 0 aliphatic rings. The fourth-order valence-electron chi connectivity index (χ4n) is 4.01. The van der Waals surface area contributed by atoms with Crippen molar-refractivity contribution in [3.05, 3.63) is 70.3 Å². The number of carbonyl (C=O) groups is 2. The highest BCUT2D eigenvalue weighted by Gasteiger charge is 2.21. The van der Waals surface area contributed by atoms with Crippen LogP contribution in [-0.4, -0.2) is 48.4 Å². The van der Waals surface area contributed by atoms with E-state index in [0.29, 0.717) is 36.2 Å². The van der Waals surface area contributed by atoms with E-state index in [1.807, 2.05) is 20.8 Å². The van der Waals surface area contributed by atoms with Gasteiger partial charge in [-0.1, -0.05) is 13.8 Å². The Morgan fingerprint density at radius 1 is 0.971 bits per heavy atom. The molecule has 0 aromatic heterocycles. The van der Waals surface area contributed by atoms with Gasteiger partial charge in [0.2, 0.25) is 0 Å². The Kier molecular flexibility index (Phi) is 10.6. The molecule has 0 spiro atoms. The van der Waals surface area contributed by atoms with Gasteiger partial charge in [-0.3, -0.25) is 9.59 Å². The van der Waals surface area contributed by atoms with Crippen LogP contribution in [0.2, 0.25) is 0 Å². The summed E-state index contributed by atoms with van der Waals surface area (Å²) < 4.78 is 27.3. The van der Waals surface area contributed by atoms with Crippen LogP contribution in [0.4, 0.5) is 8.78 Å². The molecule has 2 rings (SSSR count). The van der Waals surface area contributed by atoms with Crippen LogP contribution in [0.5, 0.6) is 0 Å². The average Bonchev–Trinajstić information content (AvgIpc) is 2.77. The van der Waals surface area contributed by atoms with Crippen LogP contribution in [-0.2, 0) is 6.42 Å². The van der Waals surface area contributed by atoms with E-state index in [1.54, 1.807) is 23.1 Å². The van der Waals surface area contributed by atoms with Crippen molar-refractivity contribution in [3.8, 4) is 0 Å². The van der Waals surface area contributed by atoms with Crippen molar-refractivity contribution in [1.82, 2.24) is 10.2 Å². The van der Waals surface area contributed by atoms with Gasteiger partial charge in [-0.15, -0.1) is 0 Å². The Morgan fingerprint density at radius 3 is 2.12 bits per heavy atom. The summed E-state index contributed by atoms with van der Waals surface area (Å²) in [4.78, 5) is 28.0. The standard InChI is InChI=1S/C26H36F2N4O2/c1-4-6-32(7-5-2)26(34)20-9-17(3)8-19(13-20)25(33)31-24(15-23(30)16-29)12-18-10-21(27)14-22(28)11-18/h8-11,13-14,23-24H,4-7,12,15-16,29-30H2,1-3H3,(H,31,33)/t23-,24-/m0/s1. The van der Waals surface area contributed by atoms with Gasteiger partial charge in [0.25, 0.3) is 11.8 Å². The number of halogens is 2. The molecule has 6 nitrogen and oxygen atoms in total. The number of nitrogens with two attached hydrogens (primary N) is 2. The Balaban J connectivity index is 2.27. The molecule has 34 heavy (non-hydrogen) atoms. The van der Waals surface area contributed by atoms with E-state index < -0.39 is 23.7 Å². The van der Waals surface area contributed by atoms with Crippen LogP contribution < -0.4 is 16.8 Å². The summed E-state index contributed by atoms with van der Waals surface area (Å²) >= 11 is 0. The highest BCUT2D eigenvalue weighted by Crippen LogP contribution is 2.16. The second-order valence-electron chi connectivity index (χ2n) is 8.76. The van der Waals surface area contributed by atoms with Gasteiger partial charge < -0.3 is 21.7 Å². The van der Waals surface area contributed by atoms with E-state index in [1.165, 1.54) is 12.1 Å². The number of rotatable bonds is 12. The Hall–Kier alpha value is -2.84. The lowest BCUT2D eigenvalue weighted by Crippen LogP contribution is -2.43. The summed E-state index contributed by atoms with van der Waals surface area (Å²) in [5.41, 5.74) is 13.6. The second-order valence-corrected chi connectivity index (χ2v) is 8.76. The van der Waals surface area contributed by atoms with Crippen LogP contribution in [0.3, 0.4) is 0 Å². The molecular weight excluding hydrogens is 438 g/mol. The Bertz CT molecular complexity index is 957. The fraction of sp³-hybridized carbons (Fsp3) is 0.462. The molecule has 0 heterocycles. The van der Waals surface area contributed by atoms with E-state index in [4.69, 9.17) is 11.5 Å². The zero-order valence-corrected chi connectivity index (χ0v) is 20.2. The number of carbonyl (C=O) groups excluding carboxylic acids is 2. The van der Waals surface area contributed by atoms with Gasteiger partial charge in [0.05, 0.1) is 0 Å². The van der Waals surface area contributed by atoms with E-state index in [-0.39, 0.29) is 24.8 Å². The molecule has 0 saturated heterocycles. The first-order valence-electron chi connectivity index (χ1n) is 11.8. The van der Waals surface area contributed by atoms with Gasteiger partial charge in [-0.05, 0) is 74.1 Å². The molecule has 0 aliphatic carbocycles. The van der Waals surface area contributed by atoms with Gasteiger partial charge in [0, 0.05) is 48.9 Å².